The molecule has 1 amide bonds. The van der Waals surface area contributed by atoms with Crippen LogP contribution in [0.5, 0.6) is 11.5 Å². The van der Waals surface area contributed by atoms with Crippen LogP contribution in [0.1, 0.15) is 51.2 Å². The van der Waals surface area contributed by atoms with E-state index in [-0.39, 0.29) is 24.4 Å². The minimum atomic E-state index is 0. The maximum Gasteiger partial charge on any atom is 0.226 e. The summed E-state index contributed by atoms with van der Waals surface area (Å²) in [4.78, 5) is 17.3. The van der Waals surface area contributed by atoms with Crippen molar-refractivity contribution in [3.05, 3.63) is 53.6 Å². The van der Waals surface area contributed by atoms with Crippen molar-refractivity contribution in [1.29, 1.82) is 0 Å². The summed E-state index contributed by atoms with van der Waals surface area (Å²) < 4.78 is 11.3. The van der Waals surface area contributed by atoms with Gasteiger partial charge in [-0.15, -0.1) is 12.4 Å². The molecule has 1 heterocycles. The largest absolute Gasteiger partial charge is 0.496 e. The van der Waals surface area contributed by atoms with Gasteiger partial charge in [-0.25, -0.2) is 0 Å². The first-order chi connectivity index (χ1) is 15.5. The van der Waals surface area contributed by atoms with Crippen molar-refractivity contribution >= 4 is 24.0 Å². The van der Waals surface area contributed by atoms with Crippen LogP contribution in [0.25, 0.3) is 0 Å². The SMILES string of the molecule is CCC(=O)N(c1ccccc1)C1CCN(C(C)Cc2cc(OC)c(CC)cc2OC)CC1.Cl. The van der Waals surface area contributed by atoms with Crippen molar-refractivity contribution in [3.63, 3.8) is 0 Å². The molecule has 0 N–H and O–H groups in total. The summed E-state index contributed by atoms with van der Waals surface area (Å²) >= 11 is 0. The zero-order valence-electron chi connectivity index (χ0n) is 20.7. The Morgan fingerprint density at radius 1 is 1.03 bits per heavy atom. The lowest BCUT2D eigenvalue weighted by Crippen LogP contribution is -2.49. The number of ether oxygens (including phenoxy) is 2. The maximum atomic E-state index is 12.7. The molecule has 0 aliphatic carbocycles. The first-order valence-corrected chi connectivity index (χ1v) is 11.9. The predicted octanol–water partition coefficient (Wildman–Crippen LogP) is 5.53. The zero-order chi connectivity index (χ0) is 23.1. The van der Waals surface area contributed by atoms with Crippen molar-refractivity contribution in [2.24, 2.45) is 0 Å². The summed E-state index contributed by atoms with van der Waals surface area (Å²) in [7, 11) is 3.47. The average molecular weight is 475 g/mol. The fourth-order valence-corrected chi connectivity index (χ4v) is 4.81. The Kier molecular flexibility index (Phi) is 10.5. The number of benzene rings is 2. The number of rotatable bonds is 9. The van der Waals surface area contributed by atoms with E-state index >= 15 is 0 Å². The van der Waals surface area contributed by atoms with Gasteiger partial charge in [0.1, 0.15) is 11.5 Å². The number of carbonyl (C=O) groups excluding carboxylic acids is 1. The first-order valence-electron chi connectivity index (χ1n) is 11.9. The molecule has 3 rings (SSSR count). The van der Waals surface area contributed by atoms with E-state index < -0.39 is 0 Å². The van der Waals surface area contributed by atoms with Crippen LogP contribution in [0.2, 0.25) is 0 Å². The van der Waals surface area contributed by atoms with Gasteiger partial charge in [0.25, 0.3) is 0 Å². The number of piperidine rings is 1. The van der Waals surface area contributed by atoms with Gasteiger partial charge in [-0.05, 0) is 68.0 Å². The first kappa shape index (κ1) is 27.0. The fraction of sp³-hybridized carbons (Fsp3) is 0.519. The van der Waals surface area contributed by atoms with E-state index in [0.717, 1.165) is 56.0 Å². The Balaban J connectivity index is 0.00000385. The summed E-state index contributed by atoms with van der Waals surface area (Å²) in [5, 5.41) is 0. The number of amides is 1. The van der Waals surface area contributed by atoms with Crippen molar-refractivity contribution in [1.82, 2.24) is 4.90 Å². The number of aryl methyl sites for hydroxylation is 1. The smallest absolute Gasteiger partial charge is 0.226 e. The van der Waals surface area contributed by atoms with Gasteiger partial charge < -0.3 is 19.3 Å². The molecule has 1 saturated heterocycles. The van der Waals surface area contributed by atoms with E-state index in [4.69, 9.17) is 9.47 Å². The minimum Gasteiger partial charge on any atom is -0.496 e. The molecule has 1 atom stereocenters. The van der Waals surface area contributed by atoms with Gasteiger partial charge in [-0.3, -0.25) is 4.79 Å². The van der Waals surface area contributed by atoms with Crippen LogP contribution in [-0.2, 0) is 17.6 Å². The lowest BCUT2D eigenvalue weighted by molar-refractivity contribution is -0.119. The van der Waals surface area contributed by atoms with E-state index in [1.807, 2.05) is 42.2 Å². The summed E-state index contributed by atoms with van der Waals surface area (Å²) in [5.41, 5.74) is 3.37. The van der Waals surface area contributed by atoms with Crippen molar-refractivity contribution < 1.29 is 14.3 Å². The molecule has 0 saturated carbocycles. The highest BCUT2D eigenvalue weighted by Gasteiger charge is 2.30. The number of likely N-dealkylation sites (tertiary alicyclic amines) is 1. The molecule has 33 heavy (non-hydrogen) atoms. The number of hydrogen-bond acceptors (Lipinski definition) is 4. The third kappa shape index (κ3) is 6.42. The van der Waals surface area contributed by atoms with Crippen LogP contribution in [0.15, 0.2) is 42.5 Å². The Hall–Kier alpha value is -2.24. The Morgan fingerprint density at radius 2 is 1.61 bits per heavy atom. The van der Waals surface area contributed by atoms with Crippen LogP contribution in [-0.4, -0.2) is 50.2 Å². The number of anilines is 1. The van der Waals surface area contributed by atoms with Gasteiger partial charge in [0.15, 0.2) is 0 Å². The molecule has 5 nitrogen and oxygen atoms in total. The van der Waals surface area contributed by atoms with Crippen LogP contribution in [0.3, 0.4) is 0 Å². The Labute approximate surface area is 205 Å². The molecule has 1 fully saturated rings. The molecular weight excluding hydrogens is 436 g/mol. The van der Waals surface area contributed by atoms with E-state index in [0.29, 0.717) is 12.5 Å². The molecule has 6 heteroatoms. The summed E-state index contributed by atoms with van der Waals surface area (Å²) in [6.45, 7) is 8.33. The Bertz CT molecular complexity index is 882. The normalized spacial score (nSPS) is 15.4. The maximum absolute atomic E-state index is 12.7. The quantitative estimate of drug-likeness (QED) is 0.479. The van der Waals surface area contributed by atoms with Gasteiger partial charge in [0.2, 0.25) is 5.91 Å². The summed E-state index contributed by atoms with van der Waals surface area (Å²) in [6.07, 6.45) is 4.32. The van der Waals surface area contributed by atoms with Gasteiger partial charge >= 0.3 is 0 Å². The van der Waals surface area contributed by atoms with Gasteiger partial charge in [0.05, 0.1) is 14.2 Å². The van der Waals surface area contributed by atoms with E-state index in [9.17, 15) is 4.79 Å². The third-order valence-corrected chi connectivity index (χ3v) is 6.67. The van der Waals surface area contributed by atoms with E-state index in [1.165, 1.54) is 11.1 Å². The summed E-state index contributed by atoms with van der Waals surface area (Å²) in [5.74, 6) is 2.08. The van der Waals surface area contributed by atoms with Gasteiger partial charge in [0, 0.05) is 37.3 Å². The topological polar surface area (TPSA) is 42.0 Å². The second-order valence-electron chi connectivity index (χ2n) is 8.60. The lowest BCUT2D eigenvalue weighted by Gasteiger charge is -2.41. The third-order valence-electron chi connectivity index (χ3n) is 6.67. The zero-order valence-corrected chi connectivity index (χ0v) is 21.5. The number of hydrogen-bond donors (Lipinski definition) is 0. The molecule has 2 aromatic rings. The molecule has 0 aromatic heterocycles. The van der Waals surface area contributed by atoms with Crippen LogP contribution >= 0.6 is 12.4 Å². The lowest BCUT2D eigenvalue weighted by atomic mass is 9.97. The van der Waals surface area contributed by atoms with Crippen molar-refractivity contribution in [2.75, 3.05) is 32.2 Å². The highest BCUT2D eigenvalue weighted by Crippen LogP contribution is 2.32. The molecular formula is C27H39ClN2O3. The standard InChI is InChI=1S/C27H38N2O3.ClH/c1-6-21-18-26(32-5)22(19-25(21)31-4)17-20(3)28-15-13-24(14-16-28)29(27(30)7-2)23-11-9-8-10-12-23;/h8-12,18-20,24H,6-7,13-17H2,1-5H3;1H. The number of methoxy groups -OCH3 is 2. The predicted molar refractivity (Wildman–Crippen MR) is 138 cm³/mol. The van der Waals surface area contributed by atoms with Crippen LogP contribution < -0.4 is 14.4 Å². The molecule has 0 radical (unpaired) electrons. The van der Waals surface area contributed by atoms with Gasteiger partial charge in [-0.2, -0.15) is 0 Å². The molecule has 1 aliphatic heterocycles. The van der Waals surface area contributed by atoms with E-state index in [2.05, 4.69) is 30.9 Å². The highest BCUT2D eigenvalue weighted by atomic mass is 35.5. The average Bonchev–Trinajstić information content (AvgIpc) is 2.84. The molecule has 2 aromatic carbocycles. The van der Waals surface area contributed by atoms with Gasteiger partial charge in [-0.1, -0.05) is 32.0 Å². The molecule has 1 unspecified atom stereocenters. The Morgan fingerprint density at radius 3 is 2.15 bits per heavy atom. The second-order valence-corrected chi connectivity index (χ2v) is 8.60. The monoisotopic (exact) mass is 474 g/mol. The minimum absolute atomic E-state index is 0. The van der Waals surface area contributed by atoms with Crippen molar-refractivity contribution in [3.8, 4) is 11.5 Å². The fourth-order valence-electron chi connectivity index (χ4n) is 4.81. The second kappa shape index (κ2) is 12.9. The molecule has 182 valence electrons. The molecule has 0 bridgehead atoms. The van der Waals surface area contributed by atoms with E-state index in [1.54, 1.807) is 14.2 Å². The highest BCUT2D eigenvalue weighted by molar-refractivity contribution is 5.93. The van der Waals surface area contributed by atoms with Crippen LogP contribution in [0, 0.1) is 0 Å². The number of carbonyl (C=O) groups is 1. The molecule has 0 spiro atoms. The number of nitrogens with zero attached hydrogens (tertiary/aromatic N) is 2. The van der Waals surface area contributed by atoms with Crippen LogP contribution in [0.4, 0.5) is 5.69 Å². The molecule has 1 aliphatic rings. The van der Waals surface area contributed by atoms with Crippen molar-refractivity contribution in [2.45, 2.75) is 65.0 Å². The summed E-state index contributed by atoms with van der Waals surface area (Å²) in [6, 6.07) is 15.0. The number of halogens is 1. The number of para-hydroxylation sites is 1.